The number of amides is 1. The zero-order valence-electron chi connectivity index (χ0n) is 12.0. The van der Waals surface area contributed by atoms with Crippen molar-refractivity contribution in [1.82, 2.24) is 4.98 Å². The van der Waals surface area contributed by atoms with Crippen molar-refractivity contribution in [3.05, 3.63) is 76.4 Å². The van der Waals surface area contributed by atoms with E-state index in [9.17, 15) is 4.79 Å². The number of rotatable bonds is 3. The van der Waals surface area contributed by atoms with Gasteiger partial charge in [-0.05, 0) is 41.5 Å². The molecule has 2 aromatic carbocycles. The number of pyridine rings is 1. The molecule has 3 aromatic rings. The van der Waals surface area contributed by atoms with Gasteiger partial charge in [0.05, 0.1) is 11.3 Å². The Labute approximate surface area is 143 Å². The van der Waals surface area contributed by atoms with Crippen LogP contribution in [-0.2, 0) is 0 Å². The maximum Gasteiger partial charge on any atom is 0.251 e. The predicted octanol–water partition coefficient (Wildman–Crippen LogP) is 4.82. The quantitative estimate of drug-likeness (QED) is 0.741. The second-order valence-electron chi connectivity index (χ2n) is 4.97. The Morgan fingerprint density at radius 1 is 0.913 bits per heavy atom. The maximum atomic E-state index is 12.1. The molecule has 114 valence electrons. The number of carbonyl (C=O) groups is 1. The number of primary amides is 1. The van der Waals surface area contributed by atoms with E-state index in [2.05, 4.69) is 4.98 Å². The SMILES string of the molecule is NC(=O)c1c(-c2cccc(Cl)c2)ccnc1-c1cccc(Cl)c1. The van der Waals surface area contributed by atoms with Crippen LogP contribution in [0, 0.1) is 0 Å². The summed E-state index contributed by atoms with van der Waals surface area (Å²) in [4.78, 5) is 16.4. The highest BCUT2D eigenvalue weighted by atomic mass is 35.5. The number of benzene rings is 2. The molecule has 0 saturated heterocycles. The first-order chi connectivity index (χ1) is 11.1. The van der Waals surface area contributed by atoms with Crippen LogP contribution < -0.4 is 5.73 Å². The van der Waals surface area contributed by atoms with Gasteiger partial charge in [0.15, 0.2) is 0 Å². The standard InChI is InChI=1S/C18H12Cl2N2O/c19-13-5-1-3-11(9-13)15-7-8-22-17(16(15)18(21)23)12-4-2-6-14(20)10-12/h1-10H,(H2,21,23). The molecule has 0 atom stereocenters. The molecule has 0 radical (unpaired) electrons. The fourth-order valence-electron chi connectivity index (χ4n) is 2.46. The highest BCUT2D eigenvalue weighted by Gasteiger charge is 2.18. The number of halogens is 2. The summed E-state index contributed by atoms with van der Waals surface area (Å²) in [6, 6.07) is 16.1. The Balaban J connectivity index is 2.27. The first kappa shape index (κ1) is 15.5. The minimum Gasteiger partial charge on any atom is -0.366 e. The Morgan fingerprint density at radius 2 is 1.52 bits per heavy atom. The van der Waals surface area contributed by atoms with Gasteiger partial charge in [-0.25, -0.2) is 0 Å². The van der Waals surface area contributed by atoms with Crippen molar-refractivity contribution >= 4 is 29.1 Å². The molecule has 1 aromatic heterocycles. The van der Waals surface area contributed by atoms with Crippen molar-refractivity contribution in [2.24, 2.45) is 5.73 Å². The maximum absolute atomic E-state index is 12.1. The number of hydrogen-bond donors (Lipinski definition) is 1. The summed E-state index contributed by atoms with van der Waals surface area (Å²) in [6.07, 6.45) is 1.64. The summed E-state index contributed by atoms with van der Waals surface area (Å²) >= 11 is 12.1. The van der Waals surface area contributed by atoms with E-state index in [1.165, 1.54) is 0 Å². The molecule has 1 amide bonds. The van der Waals surface area contributed by atoms with Crippen LogP contribution in [0.2, 0.25) is 10.0 Å². The number of nitrogens with two attached hydrogens (primary N) is 1. The molecular formula is C18H12Cl2N2O. The molecule has 3 rings (SSSR count). The fourth-order valence-corrected chi connectivity index (χ4v) is 2.84. The molecule has 0 saturated carbocycles. The monoisotopic (exact) mass is 342 g/mol. The summed E-state index contributed by atoms with van der Waals surface area (Å²) in [5.41, 5.74) is 8.68. The van der Waals surface area contributed by atoms with Gasteiger partial charge in [-0.1, -0.05) is 47.5 Å². The molecule has 2 N–H and O–H groups in total. The summed E-state index contributed by atoms with van der Waals surface area (Å²) in [6.45, 7) is 0. The molecule has 0 spiro atoms. The van der Waals surface area contributed by atoms with E-state index in [1.54, 1.807) is 42.6 Å². The van der Waals surface area contributed by atoms with Crippen molar-refractivity contribution in [2.75, 3.05) is 0 Å². The lowest BCUT2D eigenvalue weighted by atomic mass is 9.95. The lowest BCUT2D eigenvalue weighted by molar-refractivity contribution is 0.100. The van der Waals surface area contributed by atoms with E-state index in [4.69, 9.17) is 28.9 Å². The van der Waals surface area contributed by atoms with Crippen molar-refractivity contribution < 1.29 is 4.79 Å². The molecule has 1 heterocycles. The zero-order chi connectivity index (χ0) is 16.4. The van der Waals surface area contributed by atoms with E-state index in [-0.39, 0.29) is 0 Å². The first-order valence-electron chi connectivity index (χ1n) is 6.87. The summed E-state index contributed by atoms with van der Waals surface area (Å²) < 4.78 is 0. The van der Waals surface area contributed by atoms with Gasteiger partial charge in [-0.15, -0.1) is 0 Å². The molecule has 0 aliphatic carbocycles. The number of nitrogens with zero attached hydrogens (tertiary/aromatic N) is 1. The van der Waals surface area contributed by atoms with Crippen LogP contribution in [0.1, 0.15) is 10.4 Å². The van der Waals surface area contributed by atoms with E-state index in [0.29, 0.717) is 26.9 Å². The topological polar surface area (TPSA) is 56.0 Å². The minimum atomic E-state index is -0.553. The lowest BCUT2D eigenvalue weighted by Crippen LogP contribution is -2.15. The Morgan fingerprint density at radius 3 is 2.13 bits per heavy atom. The Bertz CT molecular complexity index is 830. The molecule has 0 unspecified atom stereocenters. The lowest BCUT2D eigenvalue weighted by Gasteiger charge is -2.12. The molecule has 0 fully saturated rings. The van der Waals surface area contributed by atoms with Crippen LogP contribution in [0.25, 0.3) is 22.4 Å². The predicted molar refractivity (Wildman–Crippen MR) is 93.6 cm³/mol. The van der Waals surface area contributed by atoms with E-state index >= 15 is 0 Å². The average Bonchev–Trinajstić information content (AvgIpc) is 2.54. The number of hydrogen-bond acceptors (Lipinski definition) is 2. The van der Waals surface area contributed by atoms with E-state index in [0.717, 1.165) is 11.1 Å². The van der Waals surface area contributed by atoms with Crippen molar-refractivity contribution in [3.8, 4) is 22.4 Å². The largest absolute Gasteiger partial charge is 0.366 e. The molecule has 3 nitrogen and oxygen atoms in total. The third-order valence-corrected chi connectivity index (χ3v) is 3.90. The van der Waals surface area contributed by atoms with Crippen LogP contribution in [0.15, 0.2) is 60.8 Å². The molecule has 5 heteroatoms. The Kier molecular flexibility index (Phi) is 4.33. The van der Waals surface area contributed by atoms with E-state index < -0.39 is 5.91 Å². The summed E-state index contributed by atoms with van der Waals surface area (Å²) in [5.74, 6) is -0.553. The zero-order valence-corrected chi connectivity index (χ0v) is 13.5. The van der Waals surface area contributed by atoms with Gasteiger partial charge in [0.25, 0.3) is 5.91 Å². The van der Waals surface area contributed by atoms with Gasteiger partial charge in [0.2, 0.25) is 0 Å². The molecular weight excluding hydrogens is 331 g/mol. The Hall–Kier alpha value is -2.36. The highest BCUT2D eigenvalue weighted by Crippen LogP contribution is 2.32. The van der Waals surface area contributed by atoms with Crippen LogP contribution in [-0.4, -0.2) is 10.9 Å². The van der Waals surface area contributed by atoms with Gasteiger partial charge in [-0.2, -0.15) is 0 Å². The third kappa shape index (κ3) is 3.21. The highest BCUT2D eigenvalue weighted by molar-refractivity contribution is 6.31. The van der Waals surface area contributed by atoms with Crippen LogP contribution in [0.5, 0.6) is 0 Å². The summed E-state index contributed by atoms with van der Waals surface area (Å²) in [7, 11) is 0. The van der Waals surface area contributed by atoms with Gasteiger partial charge >= 0.3 is 0 Å². The van der Waals surface area contributed by atoms with Crippen LogP contribution in [0.3, 0.4) is 0 Å². The molecule has 0 bridgehead atoms. The fraction of sp³-hybridized carbons (Fsp3) is 0. The third-order valence-electron chi connectivity index (χ3n) is 3.43. The van der Waals surface area contributed by atoms with Crippen molar-refractivity contribution in [3.63, 3.8) is 0 Å². The first-order valence-corrected chi connectivity index (χ1v) is 7.62. The van der Waals surface area contributed by atoms with Crippen molar-refractivity contribution in [1.29, 1.82) is 0 Å². The number of carbonyl (C=O) groups excluding carboxylic acids is 1. The minimum absolute atomic E-state index is 0.344. The van der Waals surface area contributed by atoms with Crippen LogP contribution in [0.4, 0.5) is 0 Å². The van der Waals surface area contributed by atoms with Gasteiger partial charge in [0.1, 0.15) is 0 Å². The second-order valence-corrected chi connectivity index (χ2v) is 5.84. The molecule has 0 aliphatic rings. The second kappa shape index (κ2) is 6.41. The normalized spacial score (nSPS) is 10.5. The number of aromatic nitrogens is 1. The van der Waals surface area contributed by atoms with Crippen LogP contribution >= 0.6 is 23.2 Å². The summed E-state index contributed by atoms with van der Waals surface area (Å²) in [5, 5.41) is 1.15. The smallest absolute Gasteiger partial charge is 0.251 e. The average molecular weight is 343 g/mol. The van der Waals surface area contributed by atoms with Crippen molar-refractivity contribution in [2.45, 2.75) is 0 Å². The molecule has 0 aliphatic heterocycles. The van der Waals surface area contributed by atoms with Gasteiger partial charge in [0, 0.05) is 21.8 Å². The van der Waals surface area contributed by atoms with Gasteiger partial charge in [-0.3, -0.25) is 9.78 Å². The molecule has 23 heavy (non-hydrogen) atoms. The van der Waals surface area contributed by atoms with E-state index in [1.807, 2.05) is 18.2 Å². The van der Waals surface area contributed by atoms with Gasteiger partial charge < -0.3 is 5.73 Å².